The molecule has 0 unspecified atom stereocenters. The maximum Gasteiger partial charge on any atom is 0.258 e. The summed E-state index contributed by atoms with van der Waals surface area (Å²) in [4.78, 5) is 16.0. The first-order valence-electron chi connectivity index (χ1n) is 5.55. The van der Waals surface area contributed by atoms with Gasteiger partial charge in [0, 0.05) is 5.69 Å². The molecular formula is C14H8Cl2N2OS. The van der Waals surface area contributed by atoms with Crippen molar-refractivity contribution in [2.24, 2.45) is 4.99 Å². The van der Waals surface area contributed by atoms with Gasteiger partial charge in [0.25, 0.3) is 5.91 Å². The van der Waals surface area contributed by atoms with Gasteiger partial charge in [0.15, 0.2) is 0 Å². The highest BCUT2D eigenvalue weighted by Crippen LogP contribution is 2.31. The van der Waals surface area contributed by atoms with E-state index in [-0.39, 0.29) is 21.5 Å². The standard InChI is InChI=1S/C14H8Cl2N2OS/c15-11-6-10(17-8-20)7-12(16)13(11)14(19)18-9-4-2-1-3-5-9/h1-7H,(H,18,19). The third-order valence-corrected chi connectivity index (χ3v) is 3.15. The van der Waals surface area contributed by atoms with Gasteiger partial charge in [-0.05, 0) is 36.5 Å². The van der Waals surface area contributed by atoms with Gasteiger partial charge < -0.3 is 5.32 Å². The van der Waals surface area contributed by atoms with Crippen LogP contribution in [0.15, 0.2) is 47.5 Å². The largest absolute Gasteiger partial charge is 0.322 e. The Morgan fingerprint density at radius 1 is 1.15 bits per heavy atom. The highest BCUT2D eigenvalue weighted by molar-refractivity contribution is 7.78. The molecule has 0 saturated heterocycles. The molecule has 2 rings (SSSR count). The van der Waals surface area contributed by atoms with Gasteiger partial charge >= 0.3 is 0 Å². The smallest absolute Gasteiger partial charge is 0.258 e. The molecule has 0 heterocycles. The fourth-order valence-electron chi connectivity index (χ4n) is 1.61. The number of anilines is 1. The molecule has 1 amide bonds. The van der Waals surface area contributed by atoms with Crippen molar-refractivity contribution in [1.29, 1.82) is 0 Å². The Morgan fingerprint density at radius 3 is 2.30 bits per heavy atom. The third-order valence-electron chi connectivity index (χ3n) is 2.46. The molecule has 2 aromatic carbocycles. The van der Waals surface area contributed by atoms with Crippen LogP contribution in [0.1, 0.15) is 10.4 Å². The van der Waals surface area contributed by atoms with Crippen molar-refractivity contribution in [2.45, 2.75) is 0 Å². The zero-order chi connectivity index (χ0) is 14.5. The molecule has 0 fully saturated rings. The summed E-state index contributed by atoms with van der Waals surface area (Å²) in [7, 11) is 0. The quantitative estimate of drug-likeness (QED) is 0.639. The van der Waals surface area contributed by atoms with Crippen molar-refractivity contribution >= 4 is 57.9 Å². The Bertz CT molecular complexity index is 675. The molecule has 0 atom stereocenters. The fourth-order valence-corrected chi connectivity index (χ4v) is 2.36. The molecule has 1 N–H and O–H groups in total. The summed E-state index contributed by atoms with van der Waals surface area (Å²) in [6, 6.07) is 12.0. The number of aliphatic imine (C=N–C) groups is 1. The van der Waals surface area contributed by atoms with Crippen molar-refractivity contribution in [3.05, 3.63) is 58.1 Å². The Morgan fingerprint density at radius 2 is 1.75 bits per heavy atom. The number of halogens is 2. The van der Waals surface area contributed by atoms with Crippen LogP contribution in [0.25, 0.3) is 0 Å². The fraction of sp³-hybridized carbons (Fsp3) is 0. The summed E-state index contributed by atoms with van der Waals surface area (Å²) in [5.74, 6) is -0.385. The van der Waals surface area contributed by atoms with Crippen LogP contribution in [-0.4, -0.2) is 11.1 Å². The zero-order valence-corrected chi connectivity index (χ0v) is 12.4. The van der Waals surface area contributed by atoms with E-state index in [9.17, 15) is 4.79 Å². The Labute approximate surface area is 131 Å². The summed E-state index contributed by atoms with van der Waals surface area (Å²) in [5.41, 5.74) is 1.30. The van der Waals surface area contributed by atoms with Crippen molar-refractivity contribution in [1.82, 2.24) is 0 Å². The number of carbonyl (C=O) groups excluding carboxylic acids is 1. The minimum atomic E-state index is -0.385. The van der Waals surface area contributed by atoms with Gasteiger partial charge in [0.05, 0.1) is 26.5 Å². The average molecular weight is 323 g/mol. The van der Waals surface area contributed by atoms with Crippen LogP contribution < -0.4 is 5.32 Å². The van der Waals surface area contributed by atoms with Gasteiger partial charge in [-0.3, -0.25) is 4.79 Å². The van der Waals surface area contributed by atoms with Crippen LogP contribution in [0.4, 0.5) is 11.4 Å². The van der Waals surface area contributed by atoms with Gasteiger partial charge in [-0.15, -0.1) is 0 Å². The van der Waals surface area contributed by atoms with Gasteiger partial charge in [-0.2, -0.15) is 4.99 Å². The number of thiocarbonyl (C=S) groups is 1. The van der Waals surface area contributed by atoms with Crippen LogP contribution in [-0.2, 0) is 0 Å². The number of nitrogens with one attached hydrogen (secondary N) is 1. The Balaban J connectivity index is 2.33. The number of nitrogens with zero attached hydrogens (tertiary/aromatic N) is 1. The predicted octanol–water partition coefficient (Wildman–Crippen LogP) is 4.98. The lowest BCUT2D eigenvalue weighted by Crippen LogP contribution is -2.13. The summed E-state index contributed by atoms with van der Waals surface area (Å²) in [6.45, 7) is 0. The molecule has 2 aromatic rings. The molecule has 0 saturated carbocycles. The number of amides is 1. The van der Waals surface area contributed by atoms with Crippen LogP contribution in [0.5, 0.6) is 0 Å². The molecular weight excluding hydrogens is 315 g/mol. The highest BCUT2D eigenvalue weighted by Gasteiger charge is 2.16. The first kappa shape index (κ1) is 14.7. The number of hydrogen-bond acceptors (Lipinski definition) is 3. The molecule has 0 radical (unpaired) electrons. The monoisotopic (exact) mass is 322 g/mol. The van der Waals surface area contributed by atoms with E-state index in [0.717, 1.165) is 0 Å². The summed E-state index contributed by atoms with van der Waals surface area (Å²) in [6.07, 6.45) is 0. The molecule has 100 valence electrons. The van der Waals surface area contributed by atoms with Gasteiger partial charge in [0.1, 0.15) is 0 Å². The van der Waals surface area contributed by atoms with Crippen molar-refractivity contribution < 1.29 is 4.79 Å². The lowest BCUT2D eigenvalue weighted by molar-refractivity contribution is 0.102. The number of isothiocyanates is 1. The second-order valence-electron chi connectivity index (χ2n) is 3.81. The van der Waals surface area contributed by atoms with Gasteiger partial charge in [0.2, 0.25) is 0 Å². The second kappa shape index (κ2) is 6.64. The number of benzene rings is 2. The van der Waals surface area contributed by atoms with Crippen molar-refractivity contribution in [3.63, 3.8) is 0 Å². The zero-order valence-electron chi connectivity index (χ0n) is 10.1. The first-order valence-corrected chi connectivity index (χ1v) is 6.71. The summed E-state index contributed by atoms with van der Waals surface area (Å²) in [5, 5.41) is 5.34. The Kier molecular flexibility index (Phi) is 4.88. The molecule has 0 aliphatic heterocycles. The predicted molar refractivity (Wildman–Crippen MR) is 85.5 cm³/mol. The molecule has 6 heteroatoms. The van der Waals surface area contributed by atoms with Crippen LogP contribution in [0, 0.1) is 0 Å². The molecule has 0 bridgehead atoms. The summed E-state index contributed by atoms with van der Waals surface area (Å²) >= 11 is 16.6. The SMILES string of the molecule is O=C(Nc1ccccc1)c1c(Cl)cc(N=C=S)cc1Cl. The topological polar surface area (TPSA) is 41.5 Å². The summed E-state index contributed by atoms with van der Waals surface area (Å²) < 4.78 is 0. The normalized spacial score (nSPS) is 9.70. The molecule has 0 spiro atoms. The maximum absolute atomic E-state index is 12.2. The van der Waals surface area contributed by atoms with Gasteiger partial charge in [-0.1, -0.05) is 41.4 Å². The van der Waals surface area contributed by atoms with E-state index in [2.05, 4.69) is 27.7 Å². The number of hydrogen-bond donors (Lipinski definition) is 1. The average Bonchev–Trinajstić information content (AvgIpc) is 2.39. The van der Waals surface area contributed by atoms with E-state index in [1.807, 2.05) is 18.2 Å². The van der Waals surface area contributed by atoms with E-state index in [1.165, 1.54) is 12.1 Å². The molecule has 0 aromatic heterocycles. The van der Waals surface area contributed by atoms with Crippen molar-refractivity contribution in [3.8, 4) is 0 Å². The second-order valence-corrected chi connectivity index (χ2v) is 4.80. The van der Waals surface area contributed by atoms with Crippen molar-refractivity contribution in [2.75, 3.05) is 5.32 Å². The number of para-hydroxylation sites is 1. The molecule has 0 aliphatic rings. The van der Waals surface area contributed by atoms with E-state index in [0.29, 0.717) is 11.4 Å². The third kappa shape index (κ3) is 3.44. The lowest BCUT2D eigenvalue weighted by atomic mass is 10.2. The minimum Gasteiger partial charge on any atom is -0.322 e. The van der Waals surface area contributed by atoms with E-state index in [4.69, 9.17) is 23.2 Å². The highest BCUT2D eigenvalue weighted by atomic mass is 35.5. The van der Waals surface area contributed by atoms with E-state index < -0.39 is 0 Å². The maximum atomic E-state index is 12.2. The van der Waals surface area contributed by atoms with Gasteiger partial charge in [-0.25, -0.2) is 0 Å². The van der Waals surface area contributed by atoms with Crippen LogP contribution in [0.3, 0.4) is 0 Å². The van der Waals surface area contributed by atoms with E-state index in [1.54, 1.807) is 12.1 Å². The molecule has 3 nitrogen and oxygen atoms in total. The molecule has 0 aliphatic carbocycles. The van der Waals surface area contributed by atoms with Crippen LogP contribution in [0.2, 0.25) is 10.0 Å². The van der Waals surface area contributed by atoms with E-state index >= 15 is 0 Å². The first-order chi connectivity index (χ1) is 9.61. The Hall–Kier alpha value is -1.71. The lowest BCUT2D eigenvalue weighted by Gasteiger charge is -2.09. The minimum absolute atomic E-state index is 0.195. The number of rotatable bonds is 3. The van der Waals surface area contributed by atoms with Crippen LogP contribution >= 0.6 is 35.4 Å². The number of carbonyl (C=O) groups is 1. The molecule has 20 heavy (non-hydrogen) atoms.